The maximum Gasteiger partial charge on any atom is 0.257 e. The lowest BCUT2D eigenvalue weighted by Crippen LogP contribution is -2.55. The molecule has 3 aromatic rings. The third-order valence-corrected chi connectivity index (χ3v) is 7.63. The van der Waals surface area contributed by atoms with Gasteiger partial charge in [-0.05, 0) is 62.1 Å². The molecule has 38 heavy (non-hydrogen) atoms. The van der Waals surface area contributed by atoms with Crippen LogP contribution in [0.25, 0.3) is 11.1 Å². The summed E-state index contributed by atoms with van der Waals surface area (Å²) in [6.07, 6.45) is 1.38. The zero-order chi connectivity index (χ0) is 27.2. The van der Waals surface area contributed by atoms with Crippen LogP contribution in [0.4, 0.5) is 4.39 Å². The standard InChI is InChI=1S/C29H28ClFN2O5/c1-17-3-8-21(32-13-17)14-33-27(37)23-10-9-22(19-4-6-20(30)7-5-19)25(31)24(23)29(33,26(36)18(2)35)38-16-28(15-34)11-12-28/h3-10,13,18,34-35H,11-12,14-16H2,1-2H3/t18?,29-/m1/s1. The number of halogens is 2. The fourth-order valence-corrected chi connectivity index (χ4v) is 4.97. The molecule has 1 aliphatic carbocycles. The molecule has 2 atom stereocenters. The molecule has 2 heterocycles. The molecule has 1 unspecified atom stereocenters. The maximum atomic E-state index is 16.5. The molecule has 2 N–H and O–H groups in total. The van der Waals surface area contributed by atoms with Crippen LogP contribution in [0.5, 0.6) is 0 Å². The normalized spacial score (nSPS) is 20.4. The summed E-state index contributed by atoms with van der Waals surface area (Å²) >= 11 is 6.02. The fourth-order valence-electron chi connectivity index (χ4n) is 4.84. The van der Waals surface area contributed by atoms with Gasteiger partial charge in [-0.2, -0.15) is 0 Å². The van der Waals surface area contributed by atoms with E-state index in [0.717, 1.165) is 10.5 Å². The number of nitrogens with zero attached hydrogens (tertiary/aromatic N) is 2. The first-order valence-corrected chi connectivity index (χ1v) is 12.8. The van der Waals surface area contributed by atoms with Gasteiger partial charge in [0.05, 0.1) is 36.6 Å². The number of aliphatic hydroxyl groups excluding tert-OH is 2. The highest BCUT2D eigenvalue weighted by Gasteiger charge is 2.60. The zero-order valence-corrected chi connectivity index (χ0v) is 21.8. The SMILES string of the molecule is Cc1ccc(CN2C(=O)c3ccc(-c4ccc(Cl)cc4)c(F)c3[C@@]2(OCC2(CO)CC2)C(=O)C(C)O)nc1. The molecule has 1 aromatic heterocycles. The lowest BCUT2D eigenvalue weighted by Gasteiger charge is -2.39. The molecule has 1 aliphatic heterocycles. The van der Waals surface area contributed by atoms with Crippen molar-refractivity contribution in [2.45, 2.75) is 45.1 Å². The Morgan fingerprint density at radius 3 is 2.42 bits per heavy atom. The van der Waals surface area contributed by atoms with Crippen LogP contribution in [0.3, 0.4) is 0 Å². The van der Waals surface area contributed by atoms with Gasteiger partial charge in [0.1, 0.15) is 11.9 Å². The summed E-state index contributed by atoms with van der Waals surface area (Å²) < 4.78 is 22.8. The van der Waals surface area contributed by atoms with E-state index in [1.165, 1.54) is 19.1 Å². The summed E-state index contributed by atoms with van der Waals surface area (Å²) in [6, 6.07) is 13.0. The van der Waals surface area contributed by atoms with Gasteiger partial charge in [-0.15, -0.1) is 0 Å². The first kappa shape index (κ1) is 26.4. The van der Waals surface area contributed by atoms with Crippen LogP contribution in [0.2, 0.25) is 5.02 Å². The van der Waals surface area contributed by atoms with Gasteiger partial charge in [0.15, 0.2) is 0 Å². The molecule has 7 nitrogen and oxygen atoms in total. The summed E-state index contributed by atoms with van der Waals surface area (Å²) in [5.74, 6) is -2.30. The largest absolute Gasteiger partial charge is 0.396 e. The monoisotopic (exact) mass is 538 g/mol. The smallest absolute Gasteiger partial charge is 0.257 e. The van der Waals surface area contributed by atoms with Crippen LogP contribution in [0, 0.1) is 18.2 Å². The van der Waals surface area contributed by atoms with Crippen molar-refractivity contribution in [2.75, 3.05) is 13.2 Å². The van der Waals surface area contributed by atoms with Crippen LogP contribution < -0.4 is 0 Å². The van der Waals surface area contributed by atoms with Gasteiger partial charge in [-0.3, -0.25) is 19.5 Å². The molecule has 0 radical (unpaired) electrons. The summed E-state index contributed by atoms with van der Waals surface area (Å²) in [5, 5.41) is 20.9. The summed E-state index contributed by atoms with van der Waals surface area (Å²) in [7, 11) is 0. The number of carbonyl (C=O) groups excluding carboxylic acids is 2. The van der Waals surface area contributed by atoms with Crippen LogP contribution >= 0.6 is 11.6 Å². The van der Waals surface area contributed by atoms with Crippen molar-refractivity contribution in [1.82, 2.24) is 9.88 Å². The number of benzene rings is 2. The van der Waals surface area contributed by atoms with Crippen LogP contribution in [-0.2, 0) is 21.8 Å². The number of carbonyl (C=O) groups is 2. The number of pyridine rings is 1. The Morgan fingerprint density at radius 1 is 1.16 bits per heavy atom. The van der Waals surface area contributed by atoms with Crippen molar-refractivity contribution < 1.29 is 28.9 Å². The molecule has 1 saturated carbocycles. The van der Waals surface area contributed by atoms with Crippen molar-refractivity contribution >= 4 is 23.3 Å². The third-order valence-electron chi connectivity index (χ3n) is 7.38. The Hall–Kier alpha value is -3.17. The van der Waals surface area contributed by atoms with E-state index in [-0.39, 0.29) is 36.4 Å². The zero-order valence-electron chi connectivity index (χ0n) is 21.1. The average molecular weight is 539 g/mol. The van der Waals surface area contributed by atoms with E-state index in [2.05, 4.69) is 4.98 Å². The average Bonchev–Trinajstić information content (AvgIpc) is 3.65. The number of Topliss-reactive ketones (excluding diaryl/α,β-unsaturated/α-hetero) is 1. The summed E-state index contributed by atoms with van der Waals surface area (Å²) in [5.41, 5.74) is -1.11. The number of hydrogen-bond acceptors (Lipinski definition) is 6. The minimum absolute atomic E-state index is 0.0322. The van der Waals surface area contributed by atoms with E-state index in [9.17, 15) is 19.8 Å². The van der Waals surface area contributed by atoms with Gasteiger partial charge in [0.2, 0.25) is 11.5 Å². The maximum absolute atomic E-state index is 16.5. The second-order valence-electron chi connectivity index (χ2n) is 10.2. The number of aryl methyl sites for hydroxylation is 1. The molecule has 5 rings (SSSR count). The molecule has 9 heteroatoms. The summed E-state index contributed by atoms with van der Waals surface area (Å²) in [4.78, 5) is 33.2. The minimum Gasteiger partial charge on any atom is -0.396 e. The second-order valence-corrected chi connectivity index (χ2v) is 10.6. The van der Waals surface area contributed by atoms with Crippen LogP contribution in [-0.4, -0.2) is 51.1 Å². The highest BCUT2D eigenvalue weighted by Crippen LogP contribution is 2.51. The van der Waals surface area contributed by atoms with Gasteiger partial charge < -0.3 is 14.9 Å². The highest BCUT2D eigenvalue weighted by atomic mass is 35.5. The number of fused-ring (bicyclic) bond motifs is 1. The Bertz CT molecular complexity index is 1390. The Balaban J connectivity index is 1.71. The topological polar surface area (TPSA) is 100.0 Å². The first-order valence-electron chi connectivity index (χ1n) is 12.4. The van der Waals surface area contributed by atoms with Gasteiger partial charge in [0.25, 0.3) is 5.91 Å². The lowest BCUT2D eigenvalue weighted by molar-refractivity contribution is -0.186. The number of rotatable bonds is 9. The molecular formula is C29H28ClFN2O5. The molecule has 1 amide bonds. The van der Waals surface area contributed by atoms with Crippen molar-refractivity contribution in [3.63, 3.8) is 0 Å². The van der Waals surface area contributed by atoms with E-state index in [1.807, 2.05) is 13.0 Å². The van der Waals surface area contributed by atoms with E-state index < -0.39 is 34.8 Å². The molecule has 2 aromatic carbocycles. The predicted molar refractivity (Wildman–Crippen MR) is 139 cm³/mol. The quantitative estimate of drug-likeness (QED) is 0.419. The minimum atomic E-state index is -2.26. The van der Waals surface area contributed by atoms with E-state index in [1.54, 1.807) is 36.5 Å². The molecule has 198 valence electrons. The van der Waals surface area contributed by atoms with E-state index >= 15 is 4.39 Å². The molecule has 1 fully saturated rings. The van der Waals surface area contributed by atoms with Crippen molar-refractivity contribution in [3.05, 3.63) is 88.0 Å². The number of amides is 1. The number of aromatic nitrogens is 1. The van der Waals surface area contributed by atoms with Gasteiger partial charge in [0, 0.05) is 22.2 Å². The Morgan fingerprint density at radius 2 is 1.84 bits per heavy atom. The predicted octanol–water partition coefficient (Wildman–Crippen LogP) is 4.40. The van der Waals surface area contributed by atoms with Crippen molar-refractivity contribution in [1.29, 1.82) is 0 Å². The lowest BCUT2D eigenvalue weighted by atomic mass is 9.90. The number of hydrogen-bond donors (Lipinski definition) is 2. The van der Waals surface area contributed by atoms with Crippen LogP contribution in [0.15, 0.2) is 54.7 Å². The molecule has 0 spiro atoms. The van der Waals surface area contributed by atoms with E-state index in [4.69, 9.17) is 16.3 Å². The van der Waals surface area contributed by atoms with Gasteiger partial charge in [-0.25, -0.2) is 4.39 Å². The van der Waals surface area contributed by atoms with Gasteiger partial charge >= 0.3 is 0 Å². The first-order chi connectivity index (χ1) is 18.1. The Labute approximate surface area is 224 Å². The third kappa shape index (κ3) is 4.41. The van der Waals surface area contributed by atoms with Crippen LogP contribution in [0.1, 0.15) is 46.9 Å². The number of ether oxygens (including phenoxy) is 1. The summed E-state index contributed by atoms with van der Waals surface area (Å²) in [6.45, 7) is 2.69. The Kier molecular flexibility index (Phi) is 6.86. The molecule has 0 bridgehead atoms. The molecule has 2 aliphatic rings. The van der Waals surface area contributed by atoms with Crippen molar-refractivity contribution in [3.8, 4) is 11.1 Å². The van der Waals surface area contributed by atoms with Gasteiger partial charge in [-0.1, -0.05) is 35.9 Å². The highest BCUT2D eigenvalue weighted by molar-refractivity contribution is 6.30. The fraction of sp³-hybridized carbons (Fsp3) is 0.345. The molecular weight excluding hydrogens is 511 g/mol. The van der Waals surface area contributed by atoms with E-state index in [0.29, 0.717) is 29.1 Å². The second kappa shape index (κ2) is 9.85. The molecule has 0 saturated heterocycles. The van der Waals surface area contributed by atoms with Crippen molar-refractivity contribution in [2.24, 2.45) is 5.41 Å². The number of aliphatic hydroxyl groups is 2. The number of ketones is 1.